The molecule has 1 unspecified atom stereocenters. The van der Waals surface area contributed by atoms with Gasteiger partial charge in [0.25, 0.3) is 0 Å². The van der Waals surface area contributed by atoms with Gasteiger partial charge in [0, 0.05) is 36.2 Å². The van der Waals surface area contributed by atoms with Crippen molar-refractivity contribution < 1.29 is 23.9 Å². The number of Topliss-reactive ketones (excluding diaryl/α,β-unsaturated/α-hetero) is 1. The van der Waals surface area contributed by atoms with Crippen LogP contribution in [0.5, 0.6) is 0 Å². The van der Waals surface area contributed by atoms with Crippen molar-refractivity contribution in [2.24, 2.45) is 5.92 Å². The van der Waals surface area contributed by atoms with Crippen molar-refractivity contribution in [3.8, 4) is 0 Å². The molecule has 0 aromatic carbocycles. The molecule has 1 aliphatic rings. The van der Waals surface area contributed by atoms with Gasteiger partial charge in [0.2, 0.25) is 0 Å². The zero-order valence-electron chi connectivity index (χ0n) is 14.7. The summed E-state index contributed by atoms with van der Waals surface area (Å²) in [5, 5.41) is 0.763. The van der Waals surface area contributed by atoms with Gasteiger partial charge in [0.1, 0.15) is 5.78 Å². The van der Waals surface area contributed by atoms with Gasteiger partial charge in [-0.2, -0.15) is 11.8 Å². The Hall–Kier alpha value is -1.56. The smallest absolute Gasteiger partial charge is 0.330 e. The number of carbonyl (C=O) groups excluding carboxylic acids is 3. The summed E-state index contributed by atoms with van der Waals surface area (Å²) in [5.41, 5.74) is 0. The number of rotatable bonds is 13. The minimum atomic E-state index is -0.554. The number of esters is 2. The van der Waals surface area contributed by atoms with Crippen LogP contribution in [0, 0.1) is 5.92 Å². The number of hydrogen-bond donors (Lipinski definition) is 0. The predicted octanol–water partition coefficient (Wildman–Crippen LogP) is 3.48. The van der Waals surface area contributed by atoms with E-state index in [2.05, 4.69) is 13.2 Å². The van der Waals surface area contributed by atoms with E-state index in [1.165, 1.54) is 25.0 Å². The number of thioether (sulfide) groups is 1. The first-order valence-electron chi connectivity index (χ1n) is 8.76. The molecule has 25 heavy (non-hydrogen) atoms. The third kappa shape index (κ3) is 10.1. The minimum absolute atomic E-state index is 0.0275. The second kappa shape index (κ2) is 12.8. The van der Waals surface area contributed by atoms with Crippen molar-refractivity contribution in [1.82, 2.24) is 0 Å². The van der Waals surface area contributed by atoms with Gasteiger partial charge in [-0.15, -0.1) is 0 Å². The van der Waals surface area contributed by atoms with Gasteiger partial charge in [-0.05, 0) is 31.4 Å². The quantitative estimate of drug-likeness (QED) is 0.282. The van der Waals surface area contributed by atoms with E-state index in [1.807, 2.05) is 11.8 Å². The number of ether oxygens (including phenoxy) is 2. The van der Waals surface area contributed by atoms with Gasteiger partial charge in [-0.1, -0.05) is 19.6 Å². The zero-order valence-corrected chi connectivity index (χ0v) is 15.6. The summed E-state index contributed by atoms with van der Waals surface area (Å²) in [6.45, 7) is 6.71. The molecule has 6 heteroatoms. The van der Waals surface area contributed by atoms with Crippen molar-refractivity contribution >= 4 is 29.5 Å². The highest BCUT2D eigenvalue weighted by molar-refractivity contribution is 8.00. The average molecular weight is 368 g/mol. The van der Waals surface area contributed by atoms with Crippen LogP contribution in [0.1, 0.15) is 44.9 Å². The van der Waals surface area contributed by atoms with Crippen LogP contribution in [0.3, 0.4) is 0 Å². The maximum absolute atomic E-state index is 12.2. The first kappa shape index (κ1) is 21.5. The number of unbranched alkanes of at least 4 members (excludes halogenated alkanes) is 1. The van der Waals surface area contributed by atoms with Crippen LogP contribution in [0.25, 0.3) is 0 Å². The highest BCUT2D eigenvalue weighted by atomic mass is 32.2. The Labute approximate surface area is 154 Å². The summed E-state index contributed by atoms with van der Waals surface area (Å²) in [6, 6.07) is 0. The molecule has 0 bridgehead atoms. The molecule has 0 saturated carbocycles. The van der Waals surface area contributed by atoms with E-state index in [4.69, 9.17) is 9.47 Å². The molecule has 1 rings (SSSR count). The van der Waals surface area contributed by atoms with Gasteiger partial charge < -0.3 is 9.47 Å². The molecule has 0 spiro atoms. The first-order chi connectivity index (χ1) is 12.0. The Kier molecular flexibility index (Phi) is 11.0. The second-order valence-electron chi connectivity index (χ2n) is 6.16. The molecule has 1 heterocycles. The summed E-state index contributed by atoms with van der Waals surface area (Å²) in [5.74, 6) is -0.0832. The van der Waals surface area contributed by atoms with E-state index >= 15 is 0 Å². The Morgan fingerprint density at radius 1 is 1.08 bits per heavy atom. The molecule has 1 aliphatic heterocycles. The first-order valence-corrected chi connectivity index (χ1v) is 9.81. The van der Waals surface area contributed by atoms with Crippen molar-refractivity contribution in [2.45, 2.75) is 50.2 Å². The molecule has 0 aromatic rings. The molecule has 0 aliphatic carbocycles. The van der Waals surface area contributed by atoms with E-state index in [-0.39, 0.29) is 31.3 Å². The van der Waals surface area contributed by atoms with Crippen LogP contribution in [-0.2, 0) is 23.9 Å². The van der Waals surface area contributed by atoms with Gasteiger partial charge >= 0.3 is 11.9 Å². The van der Waals surface area contributed by atoms with E-state index in [9.17, 15) is 14.4 Å². The van der Waals surface area contributed by atoms with E-state index < -0.39 is 11.9 Å². The SMILES string of the molecule is C=CC(=O)OCC(COC(=O)C=C)CC(=O)CCCCC1CCCS1. The van der Waals surface area contributed by atoms with Crippen molar-refractivity contribution in [1.29, 1.82) is 0 Å². The van der Waals surface area contributed by atoms with Crippen molar-refractivity contribution in [2.75, 3.05) is 19.0 Å². The normalized spacial score (nSPS) is 16.4. The van der Waals surface area contributed by atoms with Crippen molar-refractivity contribution in [3.05, 3.63) is 25.3 Å². The Bertz CT molecular complexity index is 444. The molecule has 1 fully saturated rings. The topological polar surface area (TPSA) is 69.7 Å². The lowest BCUT2D eigenvalue weighted by Gasteiger charge is -2.16. The lowest BCUT2D eigenvalue weighted by Crippen LogP contribution is -2.22. The lowest BCUT2D eigenvalue weighted by atomic mass is 10.00. The fourth-order valence-electron chi connectivity index (χ4n) is 2.67. The molecule has 0 aromatic heterocycles. The largest absolute Gasteiger partial charge is 0.462 e. The Morgan fingerprint density at radius 3 is 2.24 bits per heavy atom. The molecule has 1 atom stereocenters. The number of ketones is 1. The Morgan fingerprint density at radius 2 is 1.72 bits per heavy atom. The summed E-state index contributed by atoms with van der Waals surface area (Å²) in [6.07, 6.45) is 8.59. The maximum atomic E-state index is 12.2. The molecule has 140 valence electrons. The summed E-state index contributed by atoms with van der Waals surface area (Å²) < 4.78 is 9.97. The third-order valence-corrected chi connectivity index (χ3v) is 5.50. The fourth-order valence-corrected chi connectivity index (χ4v) is 4.01. The molecule has 1 saturated heterocycles. The molecule has 0 radical (unpaired) electrons. The molecule has 0 amide bonds. The monoisotopic (exact) mass is 368 g/mol. The predicted molar refractivity (Wildman–Crippen MR) is 99.4 cm³/mol. The third-order valence-electron chi connectivity index (χ3n) is 4.03. The van der Waals surface area contributed by atoms with Crippen LogP contribution in [0.4, 0.5) is 0 Å². The zero-order chi connectivity index (χ0) is 18.5. The van der Waals surface area contributed by atoms with Gasteiger partial charge in [-0.3, -0.25) is 4.79 Å². The molecular weight excluding hydrogens is 340 g/mol. The van der Waals surface area contributed by atoms with Crippen LogP contribution in [0.2, 0.25) is 0 Å². The molecule has 0 N–H and O–H groups in total. The minimum Gasteiger partial charge on any atom is -0.462 e. The standard InChI is InChI=1S/C19H28O5S/c1-3-18(21)23-13-15(14-24-19(22)4-2)12-16(20)8-5-6-9-17-10-7-11-25-17/h3-4,15,17H,1-2,5-14H2. The van der Waals surface area contributed by atoms with Gasteiger partial charge in [0.15, 0.2) is 0 Å². The van der Waals surface area contributed by atoms with Crippen LogP contribution in [0.15, 0.2) is 25.3 Å². The maximum Gasteiger partial charge on any atom is 0.330 e. The summed E-state index contributed by atoms with van der Waals surface area (Å²) in [4.78, 5) is 34.5. The van der Waals surface area contributed by atoms with E-state index in [1.54, 1.807) is 0 Å². The number of hydrogen-bond acceptors (Lipinski definition) is 6. The van der Waals surface area contributed by atoms with Gasteiger partial charge in [-0.25, -0.2) is 9.59 Å². The van der Waals surface area contributed by atoms with Crippen molar-refractivity contribution in [3.63, 3.8) is 0 Å². The second-order valence-corrected chi connectivity index (χ2v) is 7.57. The van der Waals surface area contributed by atoms with E-state index in [0.717, 1.165) is 30.2 Å². The Balaban J connectivity index is 2.29. The van der Waals surface area contributed by atoms with Gasteiger partial charge in [0.05, 0.1) is 13.2 Å². The number of carbonyl (C=O) groups is 3. The highest BCUT2D eigenvalue weighted by Gasteiger charge is 2.18. The highest BCUT2D eigenvalue weighted by Crippen LogP contribution is 2.30. The van der Waals surface area contributed by atoms with Crippen LogP contribution in [-0.4, -0.2) is 41.9 Å². The fraction of sp³-hybridized carbons (Fsp3) is 0.632. The summed E-state index contributed by atoms with van der Waals surface area (Å²) >= 11 is 2.04. The average Bonchev–Trinajstić information content (AvgIpc) is 3.13. The molecular formula is C19H28O5S. The summed E-state index contributed by atoms with van der Waals surface area (Å²) in [7, 11) is 0. The van der Waals surface area contributed by atoms with E-state index in [0.29, 0.717) is 6.42 Å². The molecule has 5 nitrogen and oxygen atoms in total. The van der Waals surface area contributed by atoms with Crippen LogP contribution < -0.4 is 0 Å². The lowest BCUT2D eigenvalue weighted by molar-refractivity contribution is -0.144. The van der Waals surface area contributed by atoms with Crippen LogP contribution >= 0.6 is 11.8 Å².